The molecule has 0 aliphatic heterocycles. The van der Waals surface area contributed by atoms with E-state index in [4.69, 9.17) is 5.11 Å². The summed E-state index contributed by atoms with van der Waals surface area (Å²) in [5, 5.41) is 12.3. The summed E-state index contributed by atoms with van der Waals surface area (Å²) in [4.78, 5) is 21.6. The third-order valence-electron chi connectivity index (χ3n) is 3.72. The molecule has 9 heteroatoms. The minimum atomic E-state index is -3.89. The van der Waals surface area contributed by atoms with Gasteiger partial charge in [0.2, 0.25) is 6.41 Å². The van der Waals surface area contributed by atoms with Crippen molar-refractivity contribution in [2.75, 3.05) is 10.0 Å². The van der Waals surface area contributed by atoms with Gasteiger partial charge in [-0.1, -0.05) is 6.07 Å². The number of sulfonamides is 1. The molecule has 3 aromatic rings. The molecule has 0 fully saturated rings. The highest BCUT2D eigenvalue weighted by molar-refractivity contribution is 7.94. The van der Waals surface area contributed by atoms with Crippen molar-refractivity contribution in [3.63, 3.8) is 0 Å². The smallest absolute Gasteiger partial charge is 0.335 e. The number of carbonyl (C=O) groups is 2. The van der Waals surface area contributed by atoms with Gasteiger partial charge in [-0.3, -0.25) is 9.52 Å². The van der Waals surface area contributed by atoms with Crippen LogP contribution in [0.5, 0.6) is 0 Å². The van der Waals surface area contributed by atoms with Crippen LogP contribution in [0.4, 0.5) is 11.4 Å². The molecule has 134 valence electrons. The molecule has 0 atom stereocenters. The number of rotatable bonds is 6. The lowest BCUT2D eigenvalue weighted by Crippen LogP contribution is -2.13. The van der Waals surface area contributed by atoms with Gasteiger partial charge in [-0.2, -0.15) is 0 Å². The van der Waals surface area contributed by atoms with Gasteiger partial charge in [0, 0.05) is 16.1 Å². The van der Waals surface area contributed by atoms with Crippen LogP contribution in [-0.2, 0) is 14.8 Å². The third-order valence-corrected chi connectivity index (χ3v) is 7.00. The summed E-state index contributed by atoms with van der Waals surface area (Å²) in [5.41, 5.74) is 1.29. The largest absolute Gasteiger partial charge is 0.478 e. The lowest BCUT2D eigenvalue weighted by atomic mass is 10.2. The zero-order valence-electron chi connectivity index (χ0n) is 13.5. The molecule has 1 aromatic heterocycles. The Balaban J connectivity index is 2.01. The number of fused-ring (bicyclic) bond motifs is 1. The molecular weight excluding hydrogens is 376 g/mol. The maximum Gasteiger partial charge on any atom is 0.335 e. The SMILES string of the molecule is Cc1c(S(=O)(=O)Nc2cccc(C(=O)O)c2)sc2ccc(NC=O)cc12. The quantitative estimate of drug-likeness (QED) is 0.559. The second-order valence-electron chi connectivity index (χ2n) is 5.48. The topological polar surface area (TPSA) is 113 Å². The summed E-state index contributed by atoms with van der Waals surface area (Å²) in [5.74, 6) is -1.14. The molecule has 0 aliphatic carbocycles. The molecule has 1 amide bonds. The van der Waals surface area contributed by atoms with E-state index in [2.05, 4.69) is 10.0 Å². The number of aromatic carboxylic acids is 1. The summed E-state index contributed by atoms with van der Waals surface area (Å²) in [6.45, 7) is 1.69. The Hall–Kier alpha value is -2.91. The normalized spacial score (nSPS) is 11.3. The minimum Gasteiger partial charge on any atom is -0.478 e. The van der Waals surface area contributed by atoms with Crippen LogP contribution in [0.3, 0.4) is 0 Å². The van der Waals surface area contributed by atoms with Gasteiger partial charge in [0.25, 0.3) is 10.0 Å². The molecule has 26 heavy (non-hydrogen) atoms. The Morgan fingerprint density at radius 2 is 1.92 bits per heavy atom. The van der Waals surface area contributed by atoms with Crippen LogP contribution in [0.15, 0.2) is 46.7 Å². The molecule has 0 spiro atoms. The van der Waals surface area contributed by atoms with Crippen molar-refractivity contribution < 1.29 is 23.1 Å². The number of hydrogen-bond acceptors (Lipinski definition) is 5. The summed E-state index contributed by atoms with van der Waals surface area (Å²) < 4.78 is 28.8. The number of carboxylic acid groups (broad SMARTS) is 1. The van der Waals surface area contributed by atoms with Gasteiger partial charge >= 0.3 is 5.97 Å². The summed E-state index contributed by atoms with van der Waals surface area (Å²) in [7, 11) is -3.89. The predicted octanol–water partition coefficient (Wildman–Crippen LogP) is 3.28. The summed E-state index contributed by atoms with van der Waals surface area (Å²) >= 11 is 1.10. The van der Waals surface area contributed by atoms with Crippen molar-refractivity contribution in [2.45, 2.75) is 11.1 Å². The van der Waals surface area contributed by atoms with Crippen molar-refractivity contribution in [2.24, 2.45) is 0 Å². The fraction of sp³-hybridized carbons (Fsp3) is 0.0588. The van der Waals surface area contributed by atoms with Gasteiger partial charge < -0.3 is 10.4 Å². The molecule has 0 saturated heterocycles. The van der Waals surface area contributed by atoms with E-state index in [1.54, 1.807) is 25.1 Å². The first-order valence-electron chi connectivity index (χ1n) is 7.41. The van der Waals surface area contributed by atoms with Crippen LogP contribution in [0.25, 0.3) is 10.1 Å². The first-order chi connectivity index (χ1) is 12.3. The maximum atomic E-state index is 12.8. The molecule has 0 saturated carbocycles. The number of benzene rings is 2. The molecule has 7 nitrogen and oxygen atoms in total. The number of hydrogen-bond donors (Lipinski definition) is 3. The van der Waals surface area contributed by atoms with E-state index < -0.39 is 16.0 Å². The van der Waals surface area contributed by atoms with Crippen LogP contribution < -0.4 is 10.0 Å². The first-order valence-corrected chi connectivity index (χ1v) is 9.71. The number of aryl methyl sites for hydroxylation is 1. The van der Waals surface area contributed by atoms with Gasteiger partial charge in [0.1, 0.15) is 4.21 Å². The van der Waals surface area contributed by atoms with E-state index in [9.17, 15) is 18.0 Å². The first kappa shape index (κ1) is 17.9. The maximum absolute atomic E-state index is 12.8. The van der Waals surface area contributed by atoms with Gasteiger partial charge in [-0.05, 0) is 54.3 Å². The molecule has 3 rings (SSSR count). The fourth-order valence-electron chi connectivity index (χ4n) is 2.53. The Kier molecular flexibility index (Phi) is 4.66. The second kappa shape index (κ2) is 6.77. The number of thiophene rings is 1. The Labute approximate surface area is 153 Å². The number of anilines is 2. The summed E-state index contributed by atoms with van der Waals surface area (Å²) in [6, 6.07) is 10.7. The van der Waals surface area contributed by atoms with E-state index in [1.165, 1.54) is 24.3 Å². The lowest BCUT2D eigenvalue weighted by Gasteiger charge is -2.08. The molecule has 0 unspecified atom stereocenters. The standard InChI is InChI=1S/C17H14N2O5S2/c1-10-14-8-12(18-9-20)5-6-15(14)25-17(10)26(23,24)19-13-4-2-3-11(7-13)16(21)22/h2-9,19H,1H3,(H,18,20)(H,21,22). The highest BCUT2D eigenvalue weighted by Gasteiger charge is 2.22. The van der Waals surface area contributed by atoms with Crippen molar-refractivity contribution in [3.05, 3.63) is 53.6 Å². The van der Waals surface area contributed by atoms with Crippen LogP contribution in [0.2, 0.25) is 0 Å². The Bertz CT molecular complexity index is 1120. The number of amides is 1. The molecular formula is C17H14N2O5S2. The molecule has 0 radical (unpaired) electrons. The molecule has 3 N–H and O–H groups in total. The van der Waals surface area contributed by atoms with Crippen molar-refractivity contribution in [1.29, 1.82) is 0 Å². The number of nitrogens with one attached hydrogen (secondary N) is 2. The Morgan fingerprint density at radius 3 is 2.62 bits per heavy atom. The molecule has 0 bridgehead atoms. The monoisotopic (exact) mass is 390 g/mol. The summed E-state index contributed by atoms with van der Waals surface area (Å²) in [6.07, 6.45) is 0.553. The fourth-order valence-corrected chi connectivity index (χ4v) is 5.33. The second-order valence-corrected chi connectivity index (χ2v) is 8.41. The zero-order valence-corrected chi connectivity index (χ0v) is 15.1. The predicted molar refractivity (Wildman–Crippen MR) is 100 cm³/mol. The molecule has 0 aliphatic rings. The highest BCUT2D eigenvalue weighted by atomic mass is 32.2. The Morgan fingerprint density at radius 1 is 1.15 bits per heavy atom. The van der Waals surface area contributed by atoms with E-state index in [0.717, 1.165) is 21.4 Å². The third kappa shape index (κ3) is 3.39. The molecule has 1 heterocycles. The van der Waals surface area contributed by atoms with Crippen LogP contribution in [0, 0.1) is 6.92 Å². The lowest BCUT2D eigenvalue weighted by molar-refractivity contribution is -0.105. The van der Waals surface area contributed by atoms with Gasteiger partial charge in [-0.15, -0.1) is 11.3 Å². The van der Waals surface area contributed by atoms with Crippen LogP contribution >= 0.6 is 11.3 Å². The average Bonchev–Trinajstić information content (AvgIpc) is 2.92. The van der Waals surface area contributed by atoms with Gasteiger partial charge in [0.15, 0.2) is 0 Å². The van der Waals surface area contributed by atoms with E-state index in [0.29, 0.717) is 17.7 Å². The number of carboxylic acids is 1. The van der Waals surface area contributed by atoms with Gasteiger partial charge in [-0.25, -0.2) is 13.2 Å². The minimum absolute atomic E-state index is 0.0113. The molecule has 2 aromatic carbocycles. The van der Waals surface area contributed by atoms with E-state index >= 15 is 0 Å². The van der Waals surface area contributed by atoms with Gasteiger partial charge in [0.05, 0.1) is 5.56 Å². The van der Waals surface area contributed by atoms with E-state index in [1.807, 2.05) is 0 Å². The van der Waals surface area contributed by atoms with Crippen molar-refractivity contribution in [3.8, 4) is 0 Å². The van der Waals surface area contributed by atoms with Crippen molar-refractivity contribution >= 4 is 55.2 Å². The van der Waals surface area contributed by atoms with Crippen LogP contribution in [-0.4, -0.2) is 25.9 Å². The van der Waals surface area contributed by atoms with E-state index in [-0.39, 0.29) is 15.5 Å². The zero-order chi connectivity index (χ0) is 18.9. The van der Waals surface area contributed by atoms with Crippen molar-refractivity contribution in [1.82, 2.24) is 0 Å². The number of carbonyl (C=O) groups excluding carboxylic acids is 1. The highest BCUT2D eigenvalue weighted by Crippen LogP contribution is 2.36. The van der Waals surface area contributed by atoms with Crippen LogP contribution in [0.1, 0.15) is 15.9 Å². The average molecular weight is 390 g/mol.